The first-order valence-electron chi connectivity index (χ1n) is 10.2. The fourth-order valence-electron chi connectivity index (χ4n) is 4.34. The van der Waals surface area contributed by atoms with Gasteiger partial charge in [0.1, 0.15) is 23.4 Å². The summed E-state index contributed by atoms with van der Waals surface area (Å²) < 4.78 is 31.6. The molecule has 1 N–H and O–H groups in total. The molecule has 31 heavy (non-hydrogen) atoms. The molecular weight excluding hydrogens is 420 g/mol. The van der Waals surface area contributed by atoms with Gasteiger partial charge in [-0.2, -0.15) is 0 Å². The zero-order valence-electron chi connectivity index (χ0n) is 17.4. The van der Waals surface area contributed by atoms with Crippen LogP contribution in [0.3, 0.4) is 0 Å². The van der Waals surface area contributed by atoms with Gasteiger partial charge in [-0.3, -0.25) is 0 Å². The molecule has 0 spiro atoms. The molecule has 2 aromatic carbocycles. The molecule has 4 rings (SSSR count). The van der Waals surface area contributed by atoms with E-state index in [1.165, 1.54) is 0 Å². The van der Waals surface area contributed by atoms with E-state index in [-0.39, 0.29) is 23.0 Å². The maximum Gasteiger partial charge on any atom is 0.338 e. The van der Waals surface area contributed by atoms with Gasteiger partial charge in [-0.05, 0) is 56.9 Å². The number of hydrogen-bond donors (Lipinski definition) is 1. The number of fused-ring (bicyclic) bond motifs is 2. The Kier molecular flexibility index (Phi) is 5.68. The van der Waals surface area contributed by atoms with Crippen molar-refractivity contribution in [3.8, 4) is 0 Å². The lowest BCUT2D eigenvalue weighted by Gasteiger charge is -2.53. The first-order valence-corrected chi connectivity index (χ1v) is 11.9. The molecule has 5 atom stereocenters. The zero-order valence-corrected chi connectivity index (χ0v) is 18.2. The van der Waals surface area contributed by atoms with Crippen LogP contribution < -0.4 is 0 Å². The Balaban J connectivity index is 1.55. The van der Waals surface area contributed by atoms with E-state index >= 15 is 0 Å². The van der Waals surface area contributed by atoms with Crippen LogP contribution in [0.5, 0.6) is 0 Å². The van der Waals surface area contributed by atoms with Gasteiger partial charge in [0, 0.05) is 0 Å². The minimum atomic E-state index is -3.64. The van der Waals surface area contributed by atoms with Crippen molar-refractivity contribution in [2.24, 2.45) is 5.92 Å². The highest BCUT2D eigenvalue weighted by Gasteiger charge is 2.58. The highest BCUT2D eigenvalue weighted by atomic mass is 32.2. The predicted molar refractivity (Wildman–Crippen MR) is 112 cm³/mol. The lowest BCUT2D eigenvalue weighted by molar-refractivity contribution is -0.448. The maximum atomic E-state index is 13.0. The minimum Gasteiger partial charge on any atom is -0.456 e. The normalized spacial score (nSPS) is 32.9. The second-order valence-electron chi connectivity index (χ2n) is 8.71. The third-order valence-electron chi connectivity index (χ3n) is 6.36. The topological polar surface area (TPSA) is 99.1 Å². The maximum absolute atomic E-state index is 13.0. The van der Waals surface area contributed by atoms with E-state index in [1.807, 2.05) is 0 Å². The molecule has 2 fully saturated rings. The van der Waals surface area contributed by atoms with Gasteiger partial charge >= 0.3 is 5.97 Å². The molecule has 2 aliphatic rings. The molecule has 1 saturated carbocycles. The second-order valence-corrected chi connectivity index (χ2v) is 10.7. The molecule has 2 bridgehead atoms. The Morgan fingerprint density at radius 2 is 1.68 bits per heavy atom. The quantitative estimate of drug-likeness (QED) is 0.557. The van der Waals surface area contributed by atoms with Crippen LogP contribution in [0.15, 0.2) is 65.6 Å². The average molecular weight is 447 g/mol. The van der Waals surface area contributed by atoms with Gasteiger partial charge < -0.3 is 9.84 Å². The SMILES string of the molecule is C[C@@]1(O)[C@@H]2C[C@H](C[C@@H]1OC(=O)c1ccccc1)[C@](C)(CS(=O)(=O)c1ccccc1)OO2. The summed E-state index contributed by atoms with van der Waals surface area (Å²) in [5, 5.41) is 11.0. The van der Waals surface area contributed by atoms with Gasteiger partial charge in [0.15, 0.2) is 9.84 Å². The van der Waals surface area contributed by atoms with E-state index < -0.39 is 39.2 Å². The van der Waals surface area contributed by atoms with Crippen LogP contribution in [0.1, 0.15) is 37.0 Å². The summed E-state index contributed by atoms with van der Waals surface area (Å²) in [7, 11) is -3.64. The van der Waals surface area contributed by atoms with Gasteiger partial charge in [0.05, 0.1) is 16.2 Å². The third kappa shape index (κ3) is 4.25. The molecule has 1 aliphatic carbocycles. The summed E-state index contributed by atoms with van der Waals surface area (Å²) in [5.41, 5.74) is -2.25. The van der Waals surface area contributed by atoms with E-state index in [0.717, 1.165) is 0 Å². The Morgan fingerprint density at radius 1 is 1.06 bits per heavy atom. The number of carbonyl (C=O) groups excluding carboxylic acids is 1. The molecule has 1 aliphatic heterocycles. The van der Waals surface area contributed by atoms with Crippen LogP contribution in [0.4, 0.5) is 0 Å². The first-order chi connectivity index (χ1) is 14.6. The van der Waals surface area contributed by atoms with E-state index in [9.17, 15) is 18.3 Å². The Hall–Kier alpha value is -2.26. The predicted octanol–water partition coefficient (Wildman–Crippen LogP) is 2.94. The smallest absolute Gasteiger partial charge is 0.338 e. The number of ether oxygens (including phenoxy) is 1. The van der Waals surface area contributed by atoms with E-state index in [2.05, 4.69) is 0 Å². The standard InChI is InChI=1S/C23H26O7S/c1-22(15-31(26,27)18-11-7-4-8-12-18)17-13-19(23(2,25)20(14-17)29-30-22)28-21(24)16-9-5-3-6-10-16/h3-12,17,19-20,25H,13-15H2,1-2H3/t17-,19-,20-,22-,23-/m0/s1. The van der Waals surface area contributed by atoms with Crippen LogP contribution in [-0.2, 0) is 24.3 Å². The molecule has 166 valence electrons. The van der Waals surface area contributed by atoms with Crippen molar-refractivity contribution in [2.75, 3.05) is 5.75 Å². The summed E-state index contributed by atoms with van der Waals surface area (Å²) in [6.45, 7) is 3.23. The molecule has 8 heteroatoms. The van der Waals surface area contributed by atoms with Gasteiger partial charge in [-0.15, -0.1) is 0 Å². The minimum absolute atomic E-state index is 0.205. The second kappa shape index (κ2) is 8.02. The molecule has 0 radical (unpaired) electrons. The van der Waals surface area contributed by atoms with Crippen molar-refractivity contribution in [1.82, 2.24) is 0 Å². The van der Waals surface area contributed by atoms with Crippen LogP contribution in [0.25, 0.3) is 0 Å². The number of rotatable bonds is 5. The number of hydrogen-bond acceptors (Lipinski definition) is 7. The zero-order chi connectivity index (χ0) is 22.3. The number of esters is 1. The first kappa shape index (κ1) is 22.0. The summed E-state index contributed by atoms with van der Waals surface area (Å²) in [4.78, 5) is 23.9. The molecular formula is C23H26O7S. The van der Waals surface area contributed by atoms with Gasteiger partial charge in [0.25, 0.3) is 0 Å². The molecule has 0 unspecified atom stereocenters. The van der Waals surface area contributed by atoms with E-state index in [1.54, 1.807) is 74.5 Å². The summed E-state index contributed by atoms with van der Waals surface area (Å²) in [6.07, 6.45) is -0.960. The van der Waals surface area contributed by atoms with E-state index in [4.69, 9.17) is 14.5 Å². The molecule has 7 nitrogen and oxygen atoms in total. The average Bonchev–Trinajstić information content (AvgIpc) is 2.74. The molecule has 0 amide bonds. The van der Waals surface area contributed by atoms with E-state index in [0.29, 0.717) is 12.0 Å². The molecule has 1 saturated heterocycles. The van der Waals surface area contributed by atoms with Crippen molar-refractivity contribution in [3.05, 3.63) is 66.2 Å². The molecule has 1 heterocycles. The van der Waals surface area contributed by atoms with Gasteiger partial charge in [-0.25, -0.2) is 23.0 Å². The van der Waals surface area contributed by atoms with Crippen LogP contribution in [-0.4, -0.2) is 48.7 Å². The fourth-order valence-corrected chi connectivity index (χ4v) is 6.12. The van der Waals surface area contributed by atoms with Crippen LogP contribution in [0.2, 0.25) is 0 Å². The highest BCUT2D eigenvalue weighted by Crippen LogP contribution is 2.47. The highest BCUT2D eigenvalue weighted by molar-refractivity contribution is 7.91. The summed E-state index contributed by atoms with van der Waals surface area (Å²) >= 11 is 0. The number of benzene rings is 2. The van der Waals surface area contributed by atoms with Crippen LogP contribution >= 0.6 is 0 Å². The Bertz CT molecular complexity index is 1040. The lowest BCUT2D eigenvalue weighted by Crippen LogP contribution is -2.64. The van der Waals surface area contributed by atoms with Crippen molar-refractivity contribution < 1.29 is 32.8 Å². The molecule has 0 aromatic heterocycles. The van der Waals surface area contributed by atoms with Crippen molar-refractivity contribution >= 4 is 15.8 Å². The van der Waals surface area contributed by atoms with Crippen molar-refractivity contribution in [3.63, 3.8) is 0 Å². The number of carbonyl (C=O) groups is 1. The lowest BCUT2D eigenvalue weighted by atomic mass is 9.69. The summed E-state index contributed by atoms with van der Waals surface area (Å²) in [5.74, 6) is -1.13. The molecule has 2 aromatic rings. The number of aliphatic hydroxyl groups is 1. The Labute approximate surface area is 181 Å². The Morgan fingerprint density at radius 3 is 2.32 bits per heavy atom. The van der Waals surface area contributed by atoms with Crippen molar-refractivity contribution in [1.29, 1.82) is 0 Å². The number of sulfone groups is 1. The van der Waals surface area contributed by atoms with Crippen LogP contribution in [0, 0.1) is 5.92 Å². The monoisotopic (exact) mass is 446 g/mol. The third-order valence-corrected chi connectivity index (χ3v) is 8.30. The van der Waals surface area contributed by atoms with Gasteiger partial charge in [-0.1, -0.05) is 36.4 Å². The largest absolute Gasteiger partial charge is 0.456 e. The fraction of sp³-hybridized carbons (Fsp3) is 0.435. The van der Waals surface area contributed by atoms with Gasteiger partial charge in [0.2, 0.25) is 0 Å². The summed E-state index contributed by atoms with van der Waals surface area (Å²) in [6, 6.07) is 16.7. The van der Waals surface area contributed by atoms with Crippen molar-refractivity contribution in [2.45, 2.75) is 55.0 Å².